The zero-order chi connectivity index (χ0) is 45.3. The summed E-state index contributed by atoms with van der Waals surface area (Å²) < 4.78 is 25.0. The molecule has 1 aliphatic heterocycles. The van der Waals surface area contributed by atoms with Crippen molar-refractivity contribution >= 4 is 51.2 Å². The Morgan fingerprint density at radius 3 is 2.43 bits per heavy atom. The van der Waals surface area contributed by atoms with Crippen molar-refractivity contribution in [1.82, 2.24) is 16.0 Å². The largest absolute Gasteiger partial charge is 0.490 e. The van der Waals surface area contributed by atoms with Gasteiger partial charge in [0.15, 0.2) is 23.5 Å². The lowest BCUT2D eigenvalue weighted by molar-refractivity contribution is -0.201. The topological polar surface area (TPSA) is 216 Å². The molecule has 1 saturated heterocycles. The van der Waals surface area contributed by atoms with Gasteiger partial charge in [-0.1, -0.05) is 67.4 Å². The van der Waals surface area contributed by atoms with Crippen LogP contribution in [-0.2, 0) is 43.0 Å². The fourth-order valence-electron chi connectivity index (χ4n) is 11.7. The van der Waals surface area contributed by atoms with E-state index in [4.69, 9.17) is 18.9 Å². The number of rotatable bonds is 16. The van der Waals surface area contributed by atoms with Gasteiger partial charge in [0.1, 0.15) is 18.4 Å². The third-order valence-electron chi connectivity index (χ3n) is 14.7. The summed E-state index contributed by atoms with van der Waals surface area (Å²) in [5.41, 5.74) is -0.967. The van der Waals surface area contributed by atoms with Gasteiger partial charge in [-0.15, -0.1) is 0 Å². The maximum atomic E-state index is 13.9. The molecule has 0 bridgehead atoms. The molecule has 7 rings (SSSR count). The molecule has 6 aliphatic rings. The van der Waals surface area contributed by atoms with E-state index in [0.29, 0.717) is 49.8 Å². The van der Waals surface area contributed by atoms with Gasteiger partial charge in [-0.05, 0) is 99.8 Å². The number of alkyl halides is 1. The molecule has 1 aromatic carbocycles. The lowest BCUT2D eigenvalue weighted by atomic mass is 9.46. The van der Waals surface area contributed by atoms with Crippen LogP contribution in [0, 0.1) is 34.5 Å². The Morgan fingerprint density at radius 1 is 1.02 bits per heavy atom. The number of ketones is 2. The molecular formula is C47H62BrN3O12. The monoisotopic (exact) mass is 939 g/mol. The molecule has 5 fully saturated rings. The van der Waals surface area contributed by atoms with E-state index in [1.54, 1.807) is 12.2 Å². The zero-order valence-corrected chi connectivity index (χ0v) is 38.2. The van der Waals surface area contributed by atoms with Crippen LogP contribution in [0.5, 0.6) is 5.75 Å². The lowest BCUT2D eigenvalue weighted by Gasteiger charge is -2.59. The van der Waals surface area contributed by atoms with Crippen LogP contribution in [-0.4, -0.2) is 107 Å². The second-order valence-corrected chi connectivity index (χ2v) is 19.7. The first-order valence-electron chi connectivity index (χ1n) is 22.5. The molecule has 10 atom stereocenters. The normalized spacial score (nSPS) is 34.7. The number of fused-ring (bicyclic) bond motifs is 7. The van der Waals surface area contributed by atoms with Crippen LogP contribution in [0.1, 0.15) is 104 Å². The standard InChI is InChI=1S/C47H62BrN3O12/c1-26(2)25-60-41(58)16-15-35(51-40(57)23-49-39(56)22-48)43(59)50-29-8-12-32(13-9-29)61-31-10-5-27(6-11-31)44-62-38-20-34-33-14-7-28-19-30(53)17-18-45(28,3)42(33)36(54)21-46(34,4)47(38,63-44)37(55)24-52/h5-6,10-11,17-19,26,29,32-36,38,42,44,52,54H,7-9,12-16,20-25H2,1-4H3,(H,49,56)(H,50,59)(H,51,57)/t29?,32?,33-,34-,35-,36-,38+,42+,44+,45-,46-,47+/m0/s1. The van der Waals surface area contributed by atoms with Crippen molar-refractivity contribution in [2.24, 2.45) is 34.5 Å². The molecule has 4 saturated carbocycles. The number of hydrogen-bond donors (Lipinski definition) is 5. The van der Waals surface area contributed by atoms with Crippen molar-refractivity contribution < 1.29 is 57.9 Å². The van der Waals surface area contributed by atoms with Crippen LogP contribution in [0.4, 0.5) is 0 Å². The number of nitrogens with one attached hydrogen (secondary N) is 3. The van der Waals surface area contributed by atoms with Crippen molar-refractivity contribution in [2.45, 2.75) is 134 Å². The summed E-state index contributed by atoms with van der Waals surface area (Å²) in [4.78, 5) is 76.2. The maximum absolute atomic E-state index is 13.9. The molecule has 15 nitrogen and oxygen atoms in total. The second kappa shape index (κ2) is 19.3. The van der Waals surface area contributed by atoms with Gasteiger partial charge in [0.2, 0.25) is 17.7 Å². The zero-order valence-electron chi connectivity index (χ0n) is 36.6. The highest BCUT2D eigenvalue weighted by molar-refractivity contribution is 9.09. The smallest absolute Gasteiger partial charge is 0.305 e. The van der Waals surface area contributed by atoms with Crippen molar-refractivity contribution in [3.8, 4) is 5.75 Å². The summed E-state index contributed by atoms with van der Waals surface area (Å²) >= 11 is 3.03. The van der Waals surface area contributed by atoms with Gasteiger partial charge in [-0.2, -0.15) is 0 Å². The Morgan fingerprint density at radius 2 is 1.75 bits per heavy atom. The lowest BCUT2D eigenvalue weighted by Crippen LogP contribution is -2.63. The fraction of sp³-hybridized carbons (Fsp3) is 0.660. The molecule has 0 spiro atoms. The number of allylic oxidation sites excluding steroid dienone is 4. The first kappa shape index (κ1) is 47.0. The van der Waals surface area contributed by atoms with Gasteiger partial charge < -0.3 is 45.1 Å². The summed E-state index contributed by atoms with van der Waals surface area (Å²) in [7, 11) is 0. The van der Waals surface area contributed by atoms with E-state index in [1.807, 2.05) is 51.1 Å². The Balaban J connectivity index is 0.941. The number of hydrogen-bond acceptors (Lipinski definition) is 12. The van der Waals surface area contributed by atoms with Gasteiger partial charge in [0, 0.05) is 34.8 Å². The predicted molar refractivity (Wildman–Crippen MR) is 232 cm³/mol. The van der Waals surface area contributed by atoms with Crippen LogP contribution in [0.3, 0.4) is 0 Å². The number of carbonyl (C=O) groups is 6. The predicted octanol–water partition coefficient (Wildman–Crippen LogP) is 4.07. The van der Waals surface area contributed by atoms with Gasteiger partial charge in [-0.3, -0.25) is 28.8 Å². The van der Waals surface area contributed by atoms with E-state index >= 15 is 0 Å². The summed E-state index contributed by atoms with van der Waals surface area (Å²) in [6.45, 7) is 7.20. The van der Waals surface area contributed by atoms with Gasteiger partial charge in [-0.25, -0.2) is 0 Å². The van der Waals surface area contributed by atoms with E-state index in [2.05, 4.69) is 38.8 Å². The summed E-state index contributed by atoms with van der Waals surface area (Å²) in [5, 5.41) is 30.5. The Hall–Kier alpha value is -3.96. The summed E-state index contributed by atoms with van der Waals surface area (Å²) in [6, 6.07) is 6.19. The molecule has 5 N–H and O–H groups in total. The summed E-state index contributed by atoms with van der Waals surface area (Å²) in [5.74, 6) is -1.56. The third kappa shape index (κ3) is 9.43. The van der Waals surface area contributed by atoms with Crippen molar-refractivity contribution in [1.29, 1.82) is 0 Å². The highest BCUT2D eigenvalue weighted by Gasteiger charge is 2.76. The van der Waals surface area contributed by atoms with Crippen molar-refractivity contribution in [3.05, 3.63) is 53.6 Å². The van der Waals surface area contributed by atoms with E-state index in [9.17, 15) is 39.0 Å². The molecule has 0 unspecified atom stereocenters. The Bertz CT molecular complexity index is 1980. The van der Waals surface area contributed by atoms with Gasteiger partial charge >= 0.3 is 5.97 Å². The molecular weight excluding hydrogens is 878 g/mol. The minimum atomic E-state index is -1.45. The molecule has 1 aromatic rings. The van der Waals surface area contributed by atoms with E-state index in [-0.39, 0.29) is 78.8 Å². The first-order chi connectivity index (χ1) is 30.0. The average Bonchev–Trinajstić information content (AvgIpc) is 3.76. The number of benzene rings is 1. The summed E-state index contributed by atoms with van der Waals surface area (Å²) in [6.07, 6.45) is 7.82. The minimum absolute atomic E-state index is 0.00653. The quantitative estimate of drug-likeness (QED) is 0.117. The molecule has 63 heavy (non-hydrogen) atoms. The number of Topliss-reactive ketones (excluding diaryl/α,β-unsaturated/α-hetero) is 1. The fourth-order valence-corrected chi connectivity index (χ4v) is 11.9. The number of halogens is 1. The van der Waals surface area contributed by atoms with Crippen LogP contribution < -0.4 is 20.7 Å². The number of carbonyl (C=O) groups excluding carboxylic acids is 6. The van der Waals surface area contributed by atoms with E-state index in [1.165, 1.54) is 0 Å². The highest BCUT2D eigenvalue weighted by Crippen LogP contribution is 2.70. The SMILES string of the molecule is CC(C)COC(=O)CC[C@H](NC(=O)CNC(=O)CBr)C(=O)NC1CCC(Oc2ccc([C@@H]3O[C@@H]4C[C@H]5[C@@H]6CCC7=CC(=O)C=C[C@]7(C)[C@H]6[C@@H](O)C[C@]5(C)[C@]4(C(=O)CO)O3)cc2)CC1. The Labute approximate surface area is 377 Å². The first-order valence-corrected chi connectivity index (χ1v) is 23.6. The number of amides is 3. The molecule has 16 heteroatoms. The van der Waals surface area contributed by atoms with Crippen LogP contribution >= 0.6 is 15.9 Å². The minimum Gasteiger partial charge on any atom is -0.490 e. The molecule has 5 aliphatic carbocycles. The van der Waals surface area contributed by atoms with Crippen LogP contribution in [0.15, 0.2) is 48.1 Å². The molecule has 0 aromatic heterocycles. The van der Waals surface area contributed by atoms with E-state index < -0.39 is 71.1 Å². The molecule has 1 heterocycles. The van der Waals surface area contributed by atoms with Gasteiger partial charge in [0.25, 0.3) is 0 Å². The third-order valence-corrected chi connectivity index (χ3v) is 15.2. The number of esters is 1. The van der Waals surface area contributed by atoms with Crippen LogP contribution in [0.25, 0.3) is 0 Å². The van der Waals surface area contributed by atoms with Gasteiger partial charge in [0.05, 0.1) is 36.8 Å². The molecule has 0 radical (unpaired) electrons. The van der Waals surface area contributed by atoms with E-state index in [0.717, 1.165) is 18.4 Å². The van der Waals surface area contributed by atoms with Crippen molar-refractivity contribution in [3.63, 3.8) is 0 Å². The van der Waals surface area contributed by atoms with Crippen molar-refractivity contribution in [2.75, 3.05) is 25.1 Å². The number of aliphatic hydroxyl groups excluding tert-OH is 2. The Kier molecular flexibility index (Phi) is 14.4. The average molecular weight is 941 g/mol. The molecule has 3 amide bonds. The highest BCUT2D eigenvalue weighted by atomic mass is 79.9. The number of aliphatic hydroxyl groups is 2. The number of ether oxygens (including phenoxy) is 4. The maximum Gasteiger partial charge on any atom is 0.305 e. The molecule has 344 valence electrons. The second-order valence-electron chi connectivity index (χ2n) is 19.2. The van der Waals surface area contributed by atoms with Crippen LogP contribution in [0.2, 0.25) is 0 Å².